The van der Waals surface area contributed by atoms with Crippen molar-refractivity contribution < 1.29 is 0 Å². The first-order valence-corrected chi connectivity index (χ1v) is 9.93. The number of thioether (sulfide) groups is 1. The molecule has 1 aliphatic heterocycles. The van der Waals surface area contributed by atoms with Crippen molar-refractivity contribution in [3.05, 3.63) is 63.1 Å². The van der Waals surface area contributed by atoms with Crippen LogP contribution in [-0.4, -0.2) is 19.6 Å². The number of hydrogen-bond donors (Lipinski definition) is 2. The van der Waals surface area contributed by atoms with E-state index in [1.165, 1.54) is 16.0 Å². The maximum Gasteiger partial charge on any atom is 0.0417 e. The van der Waals surface area contributed by atoms with E-state index >= 15 is 0 Å². The lowest BCUT2D eigenvalue weighted by Crippen LogP contribution is -2.47. The Bertz CT molecular complexity index is 644. The third-order valence-corrected chi connectivity index (χ3v) is 6.00. The average molecular weight is 412 g/mol. The molecule has 0 aliphatic carbocycles. The average Bonchev–Trinajstić information content (AvgIpc) is 2.50. The van der Waals surface area contributed by atoms with Crippen LogP contribution in [0.25, 0.3) is 0 Å². The van der Waals surface area contributed by atoms with Crippen LogP contribution >= 0.6 is 39.3 Å². The second kappa shape index (κ2) is 8.54. The fraction of sp³-hybridized carbons (Fsp3) is 0.333. The molecule has 0 bridgehead atoms. The molecule has 122 valence electrons. The quantitative estimate of drug-likeness (QED) is 0.646. The topological polar surface area (TPSA) is 24.1 Å². The highest BCUT2D eigenvalue weighted by Gasteiger charge is 2.15. The fourth-order valence-electron chi connectivity index (χ4n) is 2.42. The van der Waals surface area contributed by atoms with Gasteiger partial charge in [0, 0.05) is 46.3 Å². The Kier molecular flexibility index (Phi) is 6.43. The van der Waals surface area contributed by atoms with E-state index in [9.17, 15) is 0 Å². The molecule has 0 aromatic heterocycles. The molecule has 1 fully saturated rings. The van der Waals surface area contributed by atoms with Gasteiger partial charge in [-0.3, -0.25) is 0 Å². The molecule has 1 aliphatic rings. The van der Waals surface area contributed by atoms with Crippen LogP contribution in [-0.2, 0) is 12.3 Å². The van der Waals surface area contributed by atoms with Crippen LogP contribution in [0.2, 0.25) is 5.02 Å². The molecule has 0 amide bonds. The van der Waals surface area contributed by atoms with Gasteiger partial charge in [0.25, 0.3) is 0 Å². The zero-order valence-electron chi connectivity index (χ0n) is 12.8. The van der Waals surface area contributed by atoms with Crippen molar-refractivity contribution in [3.63, 3.8) is 0 Å². The first-order chi connectivity index (χ1) is 11.2. The van der Waals surface area contributed by atoms with Crippen molar-refractivity contribution in [1.82, 2.24) is 10.6 Å². The normalized spacial score (nSPS) is 14.7. The summed E-state index contributed by atoms with van der Waals surface area (Å²) in [6.07, 6.45) is 0. The predicted octanol–water partition coefficient (Wildman–Crippen LogP) is 4.70. The van der Waals surface area contributed by atoms with Crippen LogP contribution in [0, 0.1) is 5.92 Å². The Balaban J connectivity index is 1.46. The van der Waals surface area contributed by atoms with E-state index in [4.69, 9.17) is 11.6 Å². The zero-order chi connectivity index (χ0) is 16.1. The molecule has 1 heterocycles. The molecule has 1 saturated heterocycles. The minimum atomic E-state index is 0.764. The van der Waals surface area contributed by atoms with Gasteiger partial charge in [0.1, 0.15) is 0 Å². The summed E-state index contributed by atoms with van der Waals surface area (Å²) in [5.41, 5.74) is 2.61. The minimum absolute atomic E-state index is 0.764. The smallest absolute Gasteiger partial charge is 0.0417 e. The summed E-state index contributed by atoms with van der Waals surface area (Å²) >= 11 is 11.4. The van der Waals surface area contributed by atoms with E-state index in [1.807, 2.05) is 23.9 Å². The maximum absolute atomic E-state index is 5.98. The van der Waals surface area contributed by atoms with E-state index in [1.54, 1.807) is 0 Å². The number of rotatable bonds is 7. The summed E-state index contributed by atoms with van der Waals surface area (Å²) in [6, 6.07) is 14.8. The van der Waals surface area contributed by atoms with Crippen molar-refractivity contribution in [3.8, 4) is 0 Å². The lowest BCUT2D eigenvalue weighted by Gasteiger charge is -2.27. The summed E-state index contributed by atoms with van der Waals surface area (Å²) in [5.74, 6) is 1.74. The molecular formula is C18H20BrClN2S. The SMILES string of the molecule is Clc1ccc(CSc2ccc(CNCC3CNC3)cc2)c(Br)c1. The van der Waals surface area contributed by atoms with E-state index in [0.29, 0.717) is 0 Å². The number of hydrogen-bond acceptors (Lipinski definition) is 3. The maximum atomic E-state index is 5.98. The van der Waals surface area contributed by atoms with Gasteiger partial charge in [-0.05, 0) is 41.3 Å². The minimum Gasteiger partial charge on any atom is -0.316 e. The Morgan fingerprint density at radius 2 is 1.96 bits per heavy atom. The van der Waals surface area contributed by atoms with Gasteiger partial charge in [-0.25, -0.2) is 0 Å². The summed E-state index contributed by atoms with van der Waals surface area (Å²) in [4.78, 5) is 1.29. The van der Waals surface area contributed by atoms with Crippen LogP contribution in [0.15, 0.2) is 51.8 Å². The summed E-state index contributed by atoms with van der Waals surface area (Å²) in [5, 5.41) is 7.59. The summed E-state index contributed by atoms with van der Waals surface area (Å²) < 4.78 is 1.07. The number of benzene rings is 2. The van der Waals surface area contributed by atoms with Gasteiger partial charge in [0.2, 0.25) is 0 Å². The van der Waals surface area contributed by atoms with Crippen LogP contribution < -0.4 is 10.6 Å². The standard InChI is InChI=1S/C18H20BrClN2S/c19-18-7-16(20)4-3-15(18)12-23-17-5-1-13(2-6-17)8-21-9-14-10-22-11-14/h1-7,14,21-22H,8-12H2. The largest absolute Gasteiger partial charge is 0.316 e. The molecule has 2 N–H and O–H groups in total. The van der Waals surface area contributed by atoms with Gasteiger partial charge in [-0.15, -0.1) is 11.8 Å². The Morgan fingerprint density at radius 1 is 1.17 bits per heavy atom. The second-order valence-corrected chi connectivity index (χ2v) is 8.16. The molecule has 2 nitrogen and oxygen atoms in total. The Morgan fingerprint density at radius 3 is 2.61 bits per heavy atom. The lowest BCUT2D eigenvalue weighted by atomic mass is 10.0. The van der Waals surface area contributed by atoms with Crippen LogP contribution in [0.3, 0.4) is 0 Å². The van der Waals surface area contributed by atoms with E-state index in [0.717, 1.165) is 47.3 Å². The monoisotopic (exact) mass is 410 g/mol. The van der Waals surface area contributed by atoms with Crippen molar-refractivity contribution in [2.45, 2.75) is 17.2 Å². The lowest BCUT2D eigenvalue weighted by molar-refractivity contribution is 0.331. The van der Waals surface area contributed by atoms with Crippen LogP contribution in [0.5, 0.6) is 0 Å². The molecular weight excluding hydrogens is 392 g/mol. The molecule has 2 aromatic carbocycles. The molecule has 0 atom stereocenters. The van der Waals surface area contributed by atoms with Gasteiger partial charge in [0.05, 0.1) is 0 Å². The van der Waals surface area contributed by atoms with Gasteiger partial charge >= 0.3 is 0 Å². The predicted molar refractivity (Wildman–Crippen MR) is 103 cm³/mol. The van der Waals surface area contributed by atoms with E-state index < -0.39 is 0 Å². The van der Waals surface area contributed by atoms with Gasteiger partial charge in [-0.2, -0.15) is 0 Å². The first-order valence-electron chi connectivity index (χ1n) is 7.78. The third-order valence-electron chi connectivity index (χ3n) is 3.96. The molecule has 23 heavy (non-hydrogen) atoms. The van der Waals surface area contributed by atoms with E-state index in [-0.39, 0.29) is 0 Å². The second-order valence-electron chi connectivity index (χ2n) is 5.82. The Labute approximate surface area is 155 Å². The van der Waals surface area contributed by atoms with Gasteiger partial charge in [0.15, 0.2) is 0 Å². The third kappa shape index (κ3) is 5.23. The first kappa shape index (κ1) is 17.3. The molecule has 0 spiro atoms. The molecule has 0 radical (unpaired) electrons. The highest BCUT2D eigenvalue weighted by molar-refractivity contribution is 9.10. The summed E-state index contributed by atoms with van der Waals surface area (Å²) in [6.45, 7) is 4.37. The summed E-state index contributed by atoms with van der Waals surface area (Å²) in [7, 11) is 0. The number of halogens is 2. The zero-order valence-corrected chi connectivity index (χ0v) is 16.0. The van der Waals surface area contributed by atoms with E-state index in [2.05, 4.69) is 56.9 Å². The Hall–Kier alpha value is -0.520. The van der Waals surface area contributed by atoms with Crippen LogP contribution in [0.1, 0.15) is 11.1 Å². The molecule has 3 rings (SSSR count). The van der Waals surface area contributed by atoms with Crippen molar-refractivity contribution in [2.75, 3.05) is 19.6 Å². The van der Waals surface area contributed by atoms with Gasteiger partial charge in [-0.1, -0.05) is 45.7 Å². The van der Waals surface area contributed by atoms with Crippen molar-refractivity contribution >= 4 is 39.3 Å². The highest BCUT2D eigenvalue weighted by atomic mass is 79.9. The van der Waals surface area contributed by atoms with Crippen LogP contribution in [0.4, 0.5) is 0 Å². The van der Waals surface area contributed by atoms with Crippen molar-refractivity contribution in [1.29, 1.82) is 0 Å². The molecule has 0 unspecified atom stereocenters. The molecule has 0 saturated carbocycles. The molecule has 5 heteroatoms. The van der Waals surface area contributed by atoms with Crippen molar-refractivity contribution in [2.24, 2.45) is 5.92 Å². The highest BCUT2D eigenvalue weighted by Crippen LogP contribution is 2.29. The van der Waals surface area contributed by atoms with Gasteiger partial charge < -0.3 is 10.6 Å². The number of nitrogens with one attached hydrogen (secondary N) is 2. The molecule has 2 aromatic rings. The fourth-order valence-corrected chi connectivity index (χ4v) is 4.33.